The number of carbonyl (C=O) groups excluding carboxylic acids is 1. The van der Waals surface area contributed by atoms with Crippen LogP contribution in [0.15, 0.2) is 54.0 Å². The second-order valence-corrected chi connectivity index (χ2v) is 6.33. The molecule has 0 aliphatic heterocycles. The summed E-state index contributed by atoms with van der Waals surface area (Å²) in [5, 5.41) is 14.6. The lowest BCUT2D eigenvalue weighted by Gasteiger charge is -2.05. The van der Waals surface area contributed by atoms with E-state index < -0.39 is 0 Å². The fraction of sp³-hybridized carbons (Fsp3) is 0.158. The molecule has 1 amide bonds. The van der Waals surface area contributed by atoms with E-state index in [0.717, 1.165) is 22.0 Å². The Morgan fingerprint density at radius 1 is 1.20 bits per heavy atom. The molecule has 0 saturated carbocycles. The third kappa shape index (κ3) is 4.49. The molecule has 2 heterocycles. The lowest BCUT2D eigenvalue weighted by Crippen LogP contribution is -2.25. The van der Waals surface area contributed by atoms with E-state index in [1.54, 1.807) is 35.7 Å². The number of carbonyl (C=O) groups is 1. The van der Waals surface area contributed by atoms with E-state index in [0.29, 0.717) is 24.9 Å². The van der Waals surface area contributed by atoms with E-state index in [2.05, 4.69) is 21.4 Å². The number of nitrogens with one attached hydrogen (secondary N) is 1. The van der Waals surface area contributed by atoms with E-state index >= 15 is 0 Å². The van der Waals surface area contributed by atoms with Crippen LogP contribution in [0.5, 0.6) is 0 Å². The van der Waals surface area contributed by atoms with Crippen LogP contribution in [0.25, 0.3) is 11.4 Å². The van der Waals surface area contributed by atoms with Gasteiger partial charge in [-0.2, -0.15) is 5.26 Å². The molecule has 0 fully saturated rings. The highest BCUT2D eigenvalue weighted by molar-refractivity contribution is 7.09. The van der Waals surface area contributed by atoms with Crippen LogP contribution in [0.3, 0.4) is 0 Å². The number of amides is 1. The Balaban J connectivity index is 1.55. The van der Waals surface area contributed by atoms with Gasteiger partial charge in [0, 0.05) is 30.1 Å². The van der Waals surface area contributed by atoms with Gasteiger partial charge in [0.05, 0.1) is 28.9 Å². The molecule has 1 N–H and O–H groups in total. The lowest BCUT2D eigenvalue weighted by molar-refractivity contribution is 0.0954. The Kier molecular flexibility index (Phi) is 5.50. The van der Waals surface area contributed by atoms with E-state index in [9.17, 15) is 4.79 Å². The Morgan fingerprint density at radius 2 is 2.12 bits per heavy atom. The summed E-state index contributed by atoms with van der Waals surface area (Å²) in [6.45, 7) is 0.510. The van der Waals surface area contributed by atoms with Crippen LogP contribution in [0.2, 0.25) is 0 Å². The average molecular weight is 348 g/mol. The highest BCUT2D eigenvalue weighted by atomic mass is 32.1. The van der Waals surface area contributed by atoms with Gasteiger partial charge >= 0.3 is 0 Å². The van der Waals surface area contributed by atoms with Gasteiger partial charge in [-0.25, -0.2) is 4.98 Å². The zero-order chi connectivity index (χ0) is 17.5. The minimum Gasteiger partial charge on any atom is -0.352 e. The zero-order valence-corrected chi connectivity index (χ0v) is 14.3. The molecular weight excluding hydrogens is 332 g/mol. The number of nitrogens with zero attached hydrogens (tertiary/aromatic N) is 3. The molecule has 0 aliphatic carbocycles. The van der Waals surface area contributed by atoms with Crippen molar-refractivity contribution in [3.05, 3.63) is 70.2 Å². The number of hydrogen-bond donors (Lipinski definition) is 1. The Hall–Kier alpha value is -3.04. The van der Waals surface area contributed by atoms with Crippen molar-refractivity contribution in [1.29, 1.82) is 5.26 Å². The third-order valence-corrected chi connectivity index (χ3v) is 4.48. The van der Waals surface area contributed by atoms with Crippen molar-refractivity contribution in [2.24, 2.45) is 0 Å². The lowest BCUT2D eigenvalue weighted by atomic mass is 10.1. The summed E-state index contributed by atoms with van der Waals surface area (Å²) in [7, 11) is 0. The molecule has 5 nitrogen and oxygen atoms in total. The first-order valence-corrected chi connectivity index (χ1v) is 8.74. The maximum absolute atomic E-state index is 12.2. The summed E-state index contributed by atoms with van der Waals surface area (Å²) in [4.78, 5) is 21.0. The second-order valence-electron chi connectivity index (χ2n) is 5.38. The predicted molar refractivity (Wildman–Crippen MR) is 97.1 cm³/mol. The normalized spacial score (nSPS) is 10.2. The maximum Gasteiger partial charge on any atom is 0.251 e. The molecule has 0 radical (unpaired) electrons. The Bertz CT molecular complexity index is 899. The summed E-state index contributed by atoms with van der Waals surface area (Å²) in [5.74, 6) is -0.138. The molecule has 6 heteroatoms. The number of thiazole rings is 1. The van der Waals surface area contributed by atoms with Crippen LogP contribution in [0.1, 0.15) is 20.9 Å². The number of aromatic nitrogens is 2. The molecule has 1 aromatic carbocycles. The molecule has 0 atom stereocenters. The van der Waals surface area contributed by atoms with Crippen LogP contribution in [-0.2, 0) is 12.8 Å². The molecule has 3 rings (SSSR count). The van der Waals surface area contributed by atoms with E-state index in [1.807, 2.05) is 29.6 Å². The Labute approximate surface area is 150 Å². The number of rotatable bonds is 6. The van der Waals surface area contributed by atoms with Gasteiger partial charge in [0.2, 0.25) is 0 Å². The molecule has 2 aromatic heterocycles. The van der Waals surface area contributed by atoms with Gasteiger partial charge in [0.15, 0.2) is 0 Å². The van der Waals surface area contributed by atoms with Crippen molar-refractivity contribution >= 4 is 17.2 Å². The molecule has 0 bridgehead atoms. The monoisotopic (exact) mass is 348 g/mol. The van der Waals surface area contributed by atoms with Crippen molar-refractivity contribution in [3.63, 3.8) is 0 Å². The van der Waals surface area contributed by atoms with Crippen molar-refractivity contribution < 1.29 is 4.79 Å². The quantitative estimate of drug-likeness (QED) is 0.742. The molecule has 0 unspecified atom stereocenters. The number of nitriles is 1. The molecule has 3 aromatic rings. The first-order chi connectivity index (χ1) is 12.3. The predicted octanol–water partition coefficient (Wildman–Crippen LogP) is 3.24. The fourth-order valence-corrected chi connectivity index (χ4v) is 3.15. The summed E-state index contributed by atoms with van der Waals surface area (Å²) in [5.41, 5.74) is 3.12. The van der Waals surface area contributed by atoms with Crippen LogP contribution >= 0.6 is 11.3 Å². The van der Waals surface area contributed by atoms with E-state index in [1.165, 1.54) is 0 Å². The molecule has 0 spiro atoms. The standard InChI is InChI=1S/C19H16N4OS/c20-9-7-14-4-3-5-15(12-14)19(24)22-11-8-18-23-17(13-25-18)16-6-1-2-10-21-16/h1-6,10,12-13H,7-8,11H2,(H,22,24). The molecule has 124 valence electrons. The molecule has 0 saturated heterocycles. The first-order valence-electron chi connectivity index (χ1n) is 7.86. The van der Waals surface area contributed by atoms with E-state index in [-0.39, 0.29) is 5.91 Å². The first kappa shape index (κ1) is 16.8. The van der Waals surface area contributed by atoms with E-state index in [4.69, 9.17) is 5.26 Å². The average Bonchev–Trinajstić information content (AvgIpc) is 3.12. The summed E-state index contributed by atoms with van der Waals surface area (Å²) >= 11 is 1.56. The number of hydrogen-bond acceptors (Lipinski definition) is 5. The Morgan fingerprint density at radius 3 is 2.92 bits per heavy atom. The summed E-state index contributed by atoms with van der Waals surface area (Å²) in [6.07, 6.45) is 2.71. The van der Waals surface area contributed by atoms with Gasteiger partial charge < -0.3 is 5.32 Å². The number of pyridine rings is 1. The van der Waals surface area contributed by atoms with Crippen LogP contribution in [0, 0.1) is 11.3 Å². The minimum absolute atomic E-state index is 0.138. The molecular formula is C19H16N4OS. The maximum atomic E-state index is 12.2. The van der Waals surface area contributed by atoms with Crippen molar-refractivity contribution in [2.75, 3.05) is 6.54 Å². The molecule has 25 heavy (non-hydrogen) atoms. The van der Waals surface area contributed by atoms with Crippen molar-refractivity contribution in [1.82, 2.24) is 15.3 Å². The highest BCUT2D eigenvalue weighted by Crippen LogP contribution is 2.19. The van der Waals surface area contributed by atoms with Gasteiger partial charge in [-0.05, 0) is 29.8 Å². The highest BCUT2D eigenvalue weighted by Gasteiger charge is 2.08. The van der Waals surface area contributed by atoms with Crippen molar-refractivity contribution in [2.45, 2.75) is 12.8 Å². The van der Waals surface area contributed by atoms with Crippen LogP contribution in [-0.4, -0.2) is 22.4 Å². The number of benzene rings is 1. The van der Waals surface area contributed by atoms with Gasteiger partial charge in [-0.15, -0.1) is 11.3 Å². The third-order valence-electron chi connectivity index (χ3n) is 3.58. The summed E-state index contributed by atoms with van der Waals surface area (Å²) in [6, 6.07) is 15.0. The smallest absolute Gasteiger partial charge is 0.251 e. The zero-order valence-electron chi connectivity index (χ0n) is 13.5. The van der Waals surface area contributed by atoms with Gasteiger partial charge in [0.1, 0.15) is 0 Å². The van der Waals surface area contributed by atoms with Gasteiger partial charge in [0.25, 0.3) is 5.91 Å². The SMILES string of the molecule is N#CCc1cccc(C(=O)NCCc2nc(-c3ccccn3)cs2)c1. The second kappa shape index (κ2) is 8.18. The van der Waals surface area contributed by atoms with Crippen LogP contribution < -0.4 is 5.32 Å². The topological polar surface area (TPSA) is 78.7 Å². The summed E-state index contributed by atoms with van der Waals surface area (Å²) < 4.78 is 0. The van der Waals surface area contributed by atoms with Gasteiger partial charge in [-0.3, -0.25) is 9.78 Å². The molecule has 0 aliphatic rings. The fourth-order valence-electron chi connectivity index (χ4n) is 2.36. The van der Waals surface area contributed by atoms with Gasteiger partial charge in [-0.1, -0.05) is 18.2 Å². The van der Waals surface area contributed by atoms with Crippen LogP contribution in [0.4, 0.5) is 0 Å². The van der Waals surface area contributed by atoms with Crippen molar-refractivity contribution in [3.8, 4) is 17.5 Å². The minimum atomic E-state index is -0.138. The largest absolute Gasteiger partial charge is 0.352 e.